The van der Waals surface area contributed by atoms with Crippen molar-refractivity contribution < 1.29 is 0 Å². The predicted molar refractivity (Wildman–Crippen MR) is 207 cm³/mol. The fourth-order valence-electron chi connectivity index (χ4n) is 10.3. The van der Waals surface area contributed by atoms with Gasteiger partial charge in [-0.25, -0.2) is 0 Å². The Balaban J connectivity index is 1.94. The third-order valence-corrected chi connectivity index (χ3v) is 20.5. The molecule has 0 amide bonds. The van der Waals surface area contributed by atoms with Gasteiger partial charge in [-0.2, -0.15) is 0 Å². The molecule has 2 saturated carbocycles. The van der Waals surface area contributed by atoms with Crippen LogP contribution in [0.2, 0.25) is 0 Å². The maximum absolute atomic E-state index is 3.23. The first kappa shape index (κ1) is 33.2. The van der Waals surface area contributed by atoms with Gasteiger partial charge in [0.25, 0.3) is 0 Å². The average molecular weight is 631 g/mol. The molecule has 0 aliphatic heterocycles. The number of hydrogen-bond donors (Lipinski definition) is 0. The Morgan fingerprint density at radius 3 is 1.17 bits per heavy atom. The SMILES string of the molecule is CC(C)c1ccccc1-c1ccccc1P(c1ccccc1C(C)C)(c1ccccc1C(C)C)(C1CCCCC1)C1CCCCC1. The predicted octanol–water partition coefficient (Wildman–Crippen LogP) is 12.2. The van der Waals surface area contributed by atoms with Crippen LogP contribution in [-0.2, 0) is 0 Å². The monoisotopic (exact) mass is 630 g/mol. The standard InChI is InChI=1S/C45H59P/c1-33(2)38-25-13-14-28-41(38)42-29-17-20-32-45(42)46(36-21-9-7-10-22-36,37-23-11-8-12-24-37,43-30-18-15-26-39(43)34(3)4)44-31-19-16-27-40(44)35(5)6/h13-20,25-37H,7-12,21-24H2,1-6H3. The van der Waals surface area contributed by atoms with Crippen LogP contribution < -0.4 is 15.9 Å². The van der Waals surface area contributed by atoms with Gasteiger partial charge < -0.3 is 0 Å². The summed E-state index contributed by atoms with van der Waals surface area (Å²) in [5.74, 6) is 1.39. The molecular formula is C45H59P. The molecule has 2 aliphatic rings. The molecule has 0 spiro atoms. The van der Waals surface area contributed by atoms with Gasteiger partial charge in [0, 0.05) is 0 Å². The molecule has 0 radical (unpaired) electrons. The van der Waals surface area contributed by atoms with Crippen molar-refractivity contribution >= 4 is 22.5 Å². The summed E-state index contributed by atoms with van der Waals surface area (Å²) in [5.41, 5.74) is 8.94. The van der Waals surface area contributed by atoms with E-state index in [1.165, 1.54) is 80.9 Å². The van der Waals surface area contributed by atoms with Gasteiger partial charge in [-0.1, -0.05) is 0 Å². The fraction of sp³-hybridized carbons (Fsp3) is 0.467. The average Bonchev–Trinajstić information content (AvgIpc) is 3.10. The van der Waals surface area contributed by atoms with Crippen LogP contribution in [0.4, 0.5) is 0 Å². The van der Waals surface area contributed by atoms with Crippen LogP contribution in [0.15, 0.2) is 97.1 Å². The normalized spacial score (nSPS) is 17.8. The molecule has 2 fully saturated rings. The molecule has 0 saturated heterocycles. The van der Waals surface area contributed by atoms with Gasteiger partial charge in [-0.05, 0) is 0 Å². The van der Waals surface area contributed by atoms with Crippen LogP contribution in [-0.4, -0.2) is 11.3 Å². The Bertz CT molecular complexity index is 1540. The van der Waals surface area contributed by atoms with E-state index >= 15 is 0 Å². The summed E-state index contributed by atoms with van der Waals surface area (Å²) in [6.07, 6.45) is 13.5. The molecule has 244 valence electrons. The van der Waals surface area contributed by atoms with E-state index in [4.69, 9.17) is 0 Å². The summed E-state index contributed by atoms with van der Waals surface area (Å²) in [6, 6.07) is 39.2. The molecule has 0 atom stereocenters. The van der Waals surface area contributed by atoms with E-state index in [9.17, 15) is 0 Å². The van der Waals surface area contributed by atoms with Gasteiger partial charge >= 0.3 is 282 Å². The summed E-state index contributed by atoms with van der Waals surface area (Å²) in [4.78, 5) is 0. The van der Waals surface area contributed by atoms with Gasteiger partial charge in [-0.15, -0.1) is 0 Å². The summed E-state index contributed by atoms with van der Waals surface area (Å²) < 4.78 is 0. The van der Waals surface area contributed by atoms with Crippen molar-refractivity contribution in [3.05, 3.63) is 114 Å². The minimum atomic E-state index is -3.23. The first-order chi connectivity index (χ1) is 22.3. The molecule has 0 unspecified atom stereocenters. The van der Waals surface area contributed by atoms with E-state index in [0.29, 0.717) is 29.1 Å². The number of benzene rings is 4. The third-order valence-electron chi connectivity index (χ3n) is 12.1. The Morgan fingerprint density at radius 2 is 0.739 bits per heavy atom. The number of hydrogen-bond acceptors (Lipinski definition) is 0. The van der Waals surface area contributed by atoms with E-state index in [0.717, 1.165) is 0 Å². The molecular weight excluding hydrogens is 571 g/mol. The summed E-state index contributed by atoms with van der Waals surface area (Å²) >= 11 is 0. The van der Waals surface area contributed by atoms with Crippen LogP contribution in [0.5, 0.6) is 0 Å². The van der Waals surface area contributed by atoms with Crippen molar-refractivity contribution in [2.24, 2.45) is 0 Å². The minimum absolute atomic E-state index is 0.463. The van der Waals surface area contributed by atoms with Gasteiger partial charge in [0.2, 0.25) is 0 Å². The maximum atomic E-state index is 2.67. The second-order valence-electron chi connectivity index (χ2n) is 15.5. The fourth-order valence-corrected chi connectivity index (χ4v) is 20.6. The Kier molecular flexibility index (Phi) is 9.97. The van der Waals surface area contributed by atoms with Crippen molar-refractivity contribution in [2.45, 2.75) is 135 Å². The zero-order valence-electron chi connectivity index (χ0n) is 29.6. The summed E-state index contributed by atoms with van der Waals surface area (Å²) in [6.45, 7) is 11.4. The van der Waals surface area contributed by atoms with E-state index < -0.39 is 6.60 Å². The van der Waals surface area contributed by atoms with Crippen LogP contribution in [0.25, 0.3) is 11.1 Å². The Morgan fingerprint density at radius 1 is 0.391 bits per heavy atom. The van der Waals surface area contributed by atoms with Crippen LogP contribution in [0.3, 0.4) is 0 Å². The molecule has 2 aliphatic carbocycles. The van der Waals surface area contributed by atoms with Crippen molar-refractivity contribution in [3.63, 3.8) is 0 Å². The van der Waals surface area contributed by atoms with Crippen LogP contribution >= 0.6 is 6.60 Å². The molecule has 0 aromatic heterocycles. The third kappa shape index (κ3) is 5.23. The molecule has 1 heteroatoms. The van der Waals surface area contributed by atoms with Gasteiger partial charge in [0.05, 0.1) is 0 Å². The second-order valence-corrected chi connectivity index (χ2v) is 21.0. The second kappa shape index (κ2) is 13.8. The van der Waals surface area contributed by atoms with Crippen molar-refractivity contribution in [3.8, 4) is 11.1 Å². The molecule has 46 heavy (non-hydrogen) atoms. The first-order valence-electron chi connectivity index (χ1n) is 18.7. The topological polar surface area (TPSA) is 0 Å². The van der Waals surface area contributed by atoms with E-state index in [1.54, 1.807) is 27.0 Å². The van der Waals surface area contributed by atoms with Crippen LogP contribution in [0, 0.1) is 0 Å². The van der Waals surface area contributed by atoms with E-state index in [2.05, 4.69) is 139 Å². The first-order valence-corrected chi connectivity index (χ1v) is 21.1. The summed E-state index contributed by atoms with van der Waals surface area (Å²) in [5, 5.41) is 5.19. The molecule has 4 aromatic rings. The zero-order chi connectivity index (χ0) is 32.3. The Hall–Kier alpha value is -2.69. The quantitative estimate of drug-likeness (QED) is 0.161. The van der Waals surface area contributed by atoms with Crippen molar-refractivity contribution in [1.29, 1.82) is 0 Å². The molecule has 0 N–H and O–H groups in total. The van der Waals surface area contributed by atoms with Gasteiger partial charge in [0.15, 0.2) is 0 Å². The van der Waals surface area contributed by atoms with Crippen molar-refractivity contribution in [2.75, 3.05) is 0 Å². The van der Waals surface area contributed by atoms with Gasteiger partial charge in [0.1, 0.15) is 0 Å². The molecule has 0 heterocycles. The Labute approximate surface area is 281 Å². The number of rotatable bonds is 9. The molecule has 0 bridgehead atoms. The van der Waals surface area contributed by atoms with E-state index in [-0.39, 0.29) is 0 Å². The molecule has 0 nitrogen and oxygen atoms in total. The van der Waals surface area contributed by atoms with Crippen molar-refractivity contribution in [1.82, 2.24) is 0 Å². The van der Waals surface area contributed by atoms with Gasteiger partial charge in [-0.3, -0.25) is 0 Å². The van der Waals surface area contributed by atoms with Crippen LogP contribution in [0.1, 0.15) is 140 Å². The van der Waals surface area contributed by atoms with E-state index in [1.807, 2.05) is 0 Å². The molecule has 6 rings (SSSR count). The zero-order valence-corrected chi connectivity index (χ0v) is 30.5. The summed E-state index contributed by atoms with van der Waals surface area (Å²) in [7, 11) is 0. The molecule has 4 aromatic carbocycles.